The Balaban J connectivity index is 0. The fourth-order valence-electron chi connectivity index (χ4n) is 0.698. The van der Waals surface area contributed by atoms with Crippen molar-refractivity contribution in [2.24, 2.45) is 0 Å². The molecule has 0 aromatic heterocycles. The smallest absolute Gasteiger partial charge is 1.00 e. The summed E-state index contributed by atoms with van der Waals surface area (Å²) in [6.45, 7) is 3.62. The Morgan fingerprint density at radius 1 is 1.30 bits per heavy atom. The maximum Gasteiger partial charge on any atom is 2.00 e. The molecular formula is C6H11BrMgO2. The van der Waals surface area contributed by atoms with Crippen LogP contribution in [0, 0.1) is 6.42 Å². The Morgan fingerprint density at radius 3 is 2.10 bits per heavy atom. The van der Waals surface area contributed by atoms with Crippen molar-refractivity contribution in [3.8, 4) is 0 Å². The van der Waals surface area contributed by atoms with Crippen LogP contribution in [-0.4, -0.2) is 42.6 Å². The van der Waals surface area contributed by atoms with E-state index in [2.05, 4.69) is 0 Å². The fraction of sp³-hybridized carbons (Fsp3) is 0.833. The number of halogens is 1. The predicted molar refractivity (Wildman–Crippen MR) is 36.0 cm³/mol. The molecule has 1 saturated heterocycles. The summed E-state index contributed by atoms with van der Waals surface area (Å²) in [6, 6.07) is 0. The standard InChI is InChI=1S/C6H11O2.BrH.Mg/c1-2-6-7-4-3-5-8-6;;/h2,6H,3-5H2,1H3;1H;/q-1;;+2/p-1. The third-order valence-electron chi connectivity index (χ3n) is 1.13. The Morgan fingerprint density at radius 2 is 1.80 bits per heavy atom. The van der Waals surface area contributed by atoms with Crippen LogP contribution in [0.15, 0.2) is 0 Å². The minimum absolute atomic E-state index is 0. The monoisotopic (exact) mass is 218 g/mol. The third kappa shape index (κ3) is 4.90. The van der Waals surface area contributed by atoms with E-state index in [0.717, 1.165) is 19.6 Å². The molecule has 0 aliphatic carbocycles. The second-order valence-corrected chi connectivity index (χ2v) is 1.80. The van der Waals surface area contributed by atoms with Crippen molar-refractivity contribution in [3.05, 3.63) is 6.42 Å². The summed E-state index contributed by atoms with van der Waals surface area (Å²) >= 11 is 0. The van der Waals surface area contributed by atoms with Crippen LogP contribution < -0.4 is 17.0 Å². The molecule has 0 atom stereocenters. The Hall–Kier alpha value is 1.17. The van der Waals surface area contributed by atoms with Crippen LogP contribution in [0.25, 0.3) is 0 Å². The summed E-state index contributed by atoms with van der Waals surface area (Å²) in [5.41, 5.74) is 0. The molecule has 0 saturated carbocycles. The molecular weight excluding hydrogens is 208 g/mol. The molecule has 0 amide bonds. The van der Waals surface area contributed by atoms with E-state index in [0.29, 0.717) is 0 Å². The van der Waals surface area contributed by atoms with Crippen molar-refractivity contribution in [1.82, 2.24) is 0 Å². The molecule has 4 heteroatoms. The summed E-state index contributed by atoms with van der Waals surface area (Å²) in [6.07, 6.45) is 2.91. The molecule has 0 aromatic rings. The molecule has 1 fully saturated rings. The summed E-state index contributed by atoms with van der Waals surface area (Å²) in [7, 11) is 0. The summed E-state index contributed by atoms with van der Waals surface area (Å²) < 4.78 is 10.3. The molecule has 56 valence electrons. The van der Waals surface area contributed by atoms with E-state index in [1.54, 1.807) is 0 Å². The molecule has 1 aliphatic rings. The van der Waals surface area contributed by atoms with E-state index >= 15 is 0 Å². The van der Waals surface area contributed by atoms with E-state index in [1.807, 2.05) is 13.3 Å². The average Bonchev–Trinajstić information content (AvgIpc) is 1.90. The molecule has 2 nitrogen and oxygen atoms in total. The first kappa shape index (κ1) is 13.7. The largest absolute Gasteiger partial charge is 2.00 e. The van der Waals surface area contributed by atoms with Gasteiger partial charge in [-0.3, -0.25) is 6.42 Å². The molecule has 1 aliphatic heterocycles. The van der Waals surface area contributed by atoms with Crippen molar-refractivity contribution in [3.63, 3.8) is 0 Å². The predicted octanol–water partition coefficient (Wildman–Crippen LogP) is -2.40. The van der Waals surface area contributed by atoms with Gasteiger partial charge in [-0.15, -0.1) is 0 Å². The van der Waals surface area contributed by atoms with Crippen LogP contribution in [0.5, 0.6) is 0 Å². The molecule has 0 unspecified atom stereocenters. The van der Waals surface area contributed by atoms with Gasteiger partial charge in [0.25, 0.3) is 0 Å². The maximum atomic E-state index is 5.15. The summed E-state index contributed by atoms with van der Waals surface area (Å²) in [4.78, 5) is 0. The molecule has 10 heavy (non-hydrogen) atoms. The van der Waals surface area contributed by atoms with E-state index in [1.165, 1.54) is 0 Å². The Bertz CT molecular complexity index is 66.8. The van der Waals surface area contributed by atoms with Crippen molar-refractivity contribution < 1.29 is 26.5 Å². The molecule has 0 spiro atoms. The van der Waals surface area contributed by atoms with Gasteiger partial charge in [0.1, 0.15) is 0 Å². The quantitative estimate of drug-likeness (QED) is 0.361. The molecule has 1 rings (SSSR count). The van der Waals surface area contributed by atoms with Gasteiger partial charge >= 0.3 is 23.1 Å². The van der Waals surface area contributed by atoms with Crippen molar-refractivity contribution in [2.45, 2.75) is 19.6 Å². The fourth-order valence-corrected chi connectivity index (χ4v) is 0.698. The molecule has 0 radical (unpaired) electrons. The van der Waals surface area contributed by atoms with Gasteiger partial charge in [0.15, 0.2) is 0 Å². The maximum absolute atomic E-state index is 5.15. The first-order chi connectivity index (χ1) is 3.93. The summed E-state index contributed by atoms with van der Waals surface area (Å²) in [5.74, 6) is 0. The van der Waals surface area contributed by atoms with Gasteiger partial charge < -0.3 is 26.5 Å². The second kappa shape index (κ2) is 8.26. The number of rotatable bonds is 1. The normalized spacial score (nSPS) is 18.9. The minimum atomic E-state index is -0.0382. The third-order valence-corrected chi connectivity index (χ3v) is 1.13. The van der Waals surface area contributed by atoms with E-state index in [9.17, 15) is 0 Å². The van der Waals surface area contributed by atoms with Gasteiger partial charge in [0.05, 0.1) is 0 Å². The van der Waals surface area contributed by atoms with Gasteiger partial charge in [-0.1, -0.05) is 0 Å². The van der Waals surface area contributed by atoms with Crippen LogP contribution in [0.3, 0.4) is 0 Å². The first-order valence-electron chi connectivity index (χ1n) is 2.96. The zero-order valence-electron chi connectivity index (χ0n) is 6.18. The zero-order valence-corrected chi connectivity index (χ0v) is 9.18. The number of hydrogen-bond donors (Lipinski definition) is 0. The topological polar surface area (TPSA) is 18.5 Å². The van der Waals surface area contributed by atoms with Gasteiger partial charge in [0.2, 0.25) is 0 Å². The van der Waals surface area contributed by atoms with E-state index in [-0.39, 0.29) is 46.3 Å². The van der Waals surface area contributed by atoms with Crippen LogP contribution in [0.1, 0.15) is 13.3 Å². The van der Waals surface area contributed by atoms with Crippen LogP contribution in [-0.2, 0) is 9.47 Å². The van der Waals surface area contributed by atoms with Crippen LogP contribution >= 0.6 is 0 Å². The Kier molecular flexibility index (Phi) is 11.4. The van der Waals surface area contributed by atoms with Gasteiger partial charge in [-0.2, -0.15) is 6.92 Å². The van der Waals surface area contributed by atoms with Crippen LogP contribution in [0.4, 0.5) is 0 Å². The number of ether oxygens (including phenoxy) is 2. The Labute approximate surface area is 88.6 Å². The van der Waals surface area contributed by atoms with Crippen molar-refractivity contribution >= 4 is 23.1 Å². The molecule has 1 heterocycles. The van der Waals surface area contributed by atoms with Gasteiger partial charge in [0, 0.05) is 19.5 Å². The zero-order chi connectivity index (χ0) is 5.82. The minimum Gasteiger partial charge on any atom is -1.00 e. The van der Waals surface area contributed by atoms with E-state index < -0.39 is 0 Å². The van der Waals surface area contributed by atoms with Crippen molar-refractivity contribution in [2.75, 3.05) is 13.2 Å². The number of hydrogen-bond acceptors (Lipinski definition) is 2. The average molecular weight is 219 g/mol. The molecule has 0 N–H and O–H groups in total. The van der Waals surface area contributed by atoms with Crippen LogP contribution in [0.2, 0.25) is 0 Å². The van der Waals surface area contributed by atoms with Crippen molar-refractivity contribution in [1.29, 1.82) is 0 Å². The first-order valence-corrected chi connectivity index (χ1v) is 2.96. The van der Waals surface area contributed by atoms with E-state index in [4.69, 9.17) is 9.47 Å². The molecule has 0 aromatic carbocycles. The SMILES string of the molecule is C[CH-]C1OCCCO1.[Br-].[Mg+2]. The van der Waals surface area contributed by atoms with Gasteiger partial charge in [-0.25, -0.2) is 0 Å². The van der Waals surface area contributed by atoms with Gasteiger partial charge in [-0.05, 0) is 6.42 Å². The molecule has 0 bridgehead atoms. The second-order valence-electron chi connectivity index (χ2n) is 1.80. The summed E-state index contributed by atoms with van der Waals surface area (Å²) in [5, 5.41) is 0.